The second kappa shape index (κ2) is 8.99. The van der Waals surface area contributed by atoms with E-state index < -0.39 is 43.5 Å². The Balaban J connectivity index is 1.88. The first-order chi connectivity index (χ1) is 14.9. The molecule has 0 aromatic heterocycles. The Morgan fingerprint density at radius 1 is 1.09 bits per heavy atom. The number of nitrogens with two attached hydrogens (primary N) is 1. The van der Waals surface area contributed by atoms with Gasteiger partial charge in [-0.05, 0) is 43.2 Å². The molecule has 1 saturated heterocycles. The van der Waals surface area contributed by atoms with Gasteiger partial charge >= 0.3 is 6.18 Å². The summed E-state index contributed by atoms with van der Waals surface area (Å²) < 4.78 is 66.9. The van der Waals surface area contributed by atoms with Crippen LogP contribution in [0.1, 0.15) is 28.8 Å². The SMILES string of the molecule is NC(=O)C1CCN(C(=O)c2ccccc2NS(=O)(=O)c2cc(C(F)(F)F)ccc2Cl)CC1. The van der Waals surface area contributed by atoms with E-state index in [-0.39, 0.29) is 30.3 Å². The van der Waals surface area contributed by atoms with Gasteiger partial charge in [-0.3, -0.25) is 14.3 Å². The number of rotatable bonds is 5. The molecule has 1 fully saturated rings. The van der Waals surface area contributed by atoms with Gasteiger partial charge in [-0.25, -0.2) is 8.42 Å². The molecule has 2 amide bonds. The van der Waals surface area contributed by atoms with Gasteiger partial charge in [-0.1, -0.05) is 23.7 Å². The number of hydrogen-bond acceptors (Lipinski definition) is 4. The average Bonchev–Trinajstić information content (AvgIpc) is 2.72. The second-order valence-corrected chi connectivity index (χ2v) is 9.32. The van der Waals surface area contributed by atoms with Crippen molar-refractivity contribution in [1.82, 2.24) is 4.90 Å². The van der Waals surface area contributed by atoms with Crippen LogP contribution < -0.4 is 10.5 Å². The second-order valence-electron chi connectivity index (χ2n) is 7.26. The number of primary amides is 1. The quantitative estimate of drug-likeness (QED) is 0.669. The number of nitrogens with zero attached hydrogens (tertiary/aromatic N) is 1. The summed E-state index contributed by atoms with van der Waals surface area (Å²) in [5.41, 5.74) is 4.02. The zero-order valence-electron chi connectivity index (χ0n) is 16.5. The molecule has 12 heteroatoms. The third-order valence-electron chi connectivity index (χ3n) is 5.13. The average molecular weight is 490 g/mol. The van der Waals surface area contributed by atoms with E-state index in [4.69, 9.17) is 17.3 Å². The highest BCUT2D eigenvalue weighted by Crippen LogP contribution is 2.34. The van der Waals surface area contributed by atoms with Crippen molar-refractivity contribution >= 4 is 39.1 Å². The van der Waals surface area contributed by atoms with Gasteiger partial charge in [0.15, 0.2) is 0 Å². The van der Waals surface area contributed by atoms with Crippen LogP contribution in [0.15, 0.2) is 47.4 Å². The first-order valence-corrected chi connectivity index (χ1v) is 11.3. The van der Waals surface area contributed by atoms with Crippen molar-refractivity contribution in [2.45, 2.75) is 23.9 Å². The van der Waals surface area contributed by atoms with Gasteiger partial charge in [0.25, 0.3) is 15.9 Å². The molecule has 2 aromatic rings. The molecule has 7 nitrogen and oxygen atoms in total. The number of carbonyl (C=O) groups excluding carboxylic acids is 2. The Hall–Kier alpha value is -2.79. The maximum Gasteiger partial charge on any atom is 0.416 e. The van der Waals surface area contributed by atoms with Crippen molar-refractivity contribution in [2.24, 2.45) is 11.7 Å². The minimum Gasteiger partial charge on any atom is -0.369 e. The third kappa shape index (κ3) is 5.16. The van der Waals surface area contributed by atoms with E-state index in [0.29, 0.717) is 25.0 Å². The fourth-order valence-corrected chi connectivity index (χ4v) is 4.99. The molecular weight excluding hydrogens is 471 g/mol. The molecule has 3 N–H and O–H groups in total. The molecule has 1 aliphatic rings. The van der Waals surface area contributed by atoms with E-state index >= 15 is 0 Å². The van der Waals surface area contributed by atoms with Gasteiger partial charge in [-0.15, -0.1) is 0 Å². The summed E-state index contributed by atoms with van der Waals surface area (Å²) in [4.78, 5) is 25.0. The maximum absolute atomic E-state index is 13.0. The van der Waals surface area contributed by atoms with Crippen LogP contribution in [0, 0.1) is 5.92 Å². The molecule has 0 spiro atoms. The smallest absolute Gasteiger partial charge is 0.369 e. The lowest BCUT2D eigenvalue weighted by Crippen LogP contribution is -2.42. The minimum atomic E-state index is -4.76. The Bertz CT molecular complexity index is 1150. The Kier molecular flexibility index (Phi) is 6.70. The van der Waals surface area contributed by atoms with Gasteiger partial charge in [-0.2, -0.15) is 13.2 Å². The molecule has 2 aromatic carbocycles. The standard InChI is InChI=1S/C20H19ClF3N3O4S/c21-15-6-5-13(20(22,23)24)11-17(15)32(30,31)26-16-4-2-1-3-14(16)19(29)27-9-7-12(8-10-27)18(25)28/h1-6,11-12,26H,7-10H2,(H2,25,28). The molecule has 32 heavy (non-hydrogen) atoms. The van der Waals surface area contributed by atoms with E-state index in [9.17, 15) is 31.2 Å². The lowest BCUT2D eigenvalue weighted by Gasteiger charge is -2.31. The number of benzene rings is 2. The number of amides is 2. The molecule has 0 saturated carbocycles. The van der Waals surface area contributed by atoms with Crippen LogP contribution in [0.3, 0.4) is 0 Å². The van der Waals surface area contributed by atoms with Crippen molar-refractivity contribution in [2.75, 3.05) is 17.8 Å². The zero-order valence-corrected chi connectivity index (χ0v) is 18.1. The molecule has 3 rings (SSSR count). The number of nitrogens with one attached hydrogen (secondary N) is 1. The lowest BCUT2D eigenvalue weighted by atomic mass is 9.96. The van der Waals surface area contributed by atoms with Crippen LogP contribution in [0.5, 0.6) is 0 Å². The number of sulfonamides is 1. The largest absolute Gasteiger partial charge is 0.416 e. The molecule has 0 aliphatic carbocycles. The van der Waals surface area contributed by atoms with Crippen LogP contribution in [0.25, 0.3) is 0 Å². The van der Waals surface area contributed by atoms with Gasteiger partial charge in [0.1, 0.15) is 4.90 Å². The molecule has 0 radical (unpaired) electrons. The number of alkyl halides is 3. The van der Waals surface area contributed by atoms with Crippen LogP contribution in [0.4, 0.5) is 18.9 Å². The first-order valence-electron chi connectivity index (χ1n) is 9.47. The fraction of sp³-hybridized carbons (Fsp3) is 0.300. The highest BCUT2D eigenvalue weighted by molar-refractivity contribution is 7.92. The van der Waals surface area contributed by atoms with E-state index in [0.717, 1.165) is 6.07 Å². The monoisotopic (exact) mass is 489 g/mol. The van der Waals surface area contributed by atoms with E-state index in [1.54, 1.807) is 0 Å². The number of piperidine rings is 1. The van der Waals surface area contributed by atoms with Crippen molar-refractivity contribution in [1.29, 1.82) is 0 Å². The molecule has 0 bridgehead atoms. The summed E-state index contributed by atoms with van der Waals surface area (Å²) in [6.07, 6.45) is -4.00. The summed E-state index contributed by atoms with van der Waals surface area (Å²) in [7, 11) is -4.55. The van der Waals surface area contributed by atoms with Crippen molar-refractivity contribution < 1.29 is 31.2 Å². The highest BCUT2D eigenvalue weighted by Gasteiger charge is 2.33. The normalized spacial score (nSPS) is 15.4. The van der Waals surface area contributed by atoms with Crippen LogP contribution >= 0.6 is 11.6 Å². The van der Waals surface area contributed by atoms with E-state index in [2.05, 4.69) is 4.72 Å². The number of para-hydroxylation sites is 1. The van der Waals surface area contributed by atoms with E-state index in [1.807, 2.05) is 0 Å². The maximum atomic E-state index is 13.0. The fourth-order valence-electron chi connectivity index (χ4n) is 3.38. The van der Waals surface area contributed by atoms with E-state index in [1.165, 1.54) is 29.2 Å². The topological polar surface area (TPSA) is 110 Å². The summed E-state index contributed by atoms with van der Waals surface area (Å²) >= 11 is 5.86. The summed E-state index contributed by atoms with van der Waals surface area (Å²) in [6, 6.07) is 7.67. The predicted octanol–water partition coefficient (Wildman–Crippen LogP) is 3.50. The van der Waals surface area contributed by atoms with Gasteiger partial charge in [0, 0.05) is 19.0 Å². The lowest BCUT2D eigenvalue weighted by molar-refractivity contribution is -0.137. The van der Waals surface area contributed by atoms with Crippen LogP contribution in [-0.2, 0) is 21.0 Å². The Morgan fingerprint density at radius 2 is 1.72 bits per heavy atom. The van der Waals surface area contributed by atoms with Gasteiger partial charge in [0.2, 0.25) is 5.91 Å². The molecule has 0 unspecified atom stereocenters. The summed E-state index contributed by atoms with van der Waals surface area (Å²) in [5, 5.41) is -0.400. The Labute approximate surface area is 187 Å². The van der Waals surface area contributed by atoms with Crippen LogP contribution in [-0.4, -0.2) is 38.2 Å². The number of carbonyl (C=O) groups is 2. The summed E-state index contributed by atoms with van der Waals surface area (Å²) in [5.74, 6) is -1.26. The number of anilines is 1. The number of hydrogen-bond donors (Lipinski definition) is 2. The molecule has 172 valence electrons. The molecular formula is C20H19ClF3N3O4S. The van der Waals surface area contributed by atoms with Crippen LogP contribution in [0.2, 0.25) is 5.02 Å². The zero-order chi connectivity index (χ0) is 23.7. The molecule has 0 atom stereocenters. The predicted molar refractivity (Wildman–Crippen MR) is 112 cm³/mol. The summed E-state index contributed by atoms with van der Waals surface area (Å²) in [6.45, 7) is 0.514. The molecule has 1 aliphatic heterocycles. The van der Waals surface area contributed by atoms with Crippen molar-refractivity contribution in [3.8, 4) is 0 Å². The molecule has 1 heterocycles. The van der Waals surface area contributed by atoms with Gasteiger partial charge in [0.05, 0.1) is 21.8 Å². The Morgan fingerprint density at radius 3 is 2.31 bits per heavy atom. The number of halogens is 4. The first kappa shape index (κ1) is 23.9. The van der Waals surface area contributed by atoms with Crippen molar-refractivity contribution in [3.63, 3.8) is 0 Å². The van der Waals surface area contributed by atoms with Crippen molar-refractivity contribution in [3.05, 3.63) is 58.6 Å². The van der Waals surface area contributed by atoms with Gasteiger partial charge < -0.3 is 10.6 Å². The third-order valence-corrected chi connectivity index (χ3v) is 6.98. The minimum absolute atomic E-state index is 0.0108. The highest BCUT2D eigenvalue weighted by atomic mass is 35.5. The number of likely N-dealkylation sites (tertiary alicyclic amines) is 1.